The molecule has 126 valence electrons. The second-order valence-corrected chi connectivity index (χ2v) is 5.38. The topological polar surface area (TPSA) is 91.4 Å². The van der Waals surface area contributed by atoms with E-state index in [0.717, 1.165) is 0 Å². The van der Waals surface area contributed by atoms with Gasteiger partial charge < -0.3 is 4.74 Å². The summed E-state index contributed by atoms with van der Waals surface area (Å²) < 4.78 is 6.09. The monoisotopic (exact) mass is 338 g/mol. The van der Waals surface area contributed by atoms with Gasteiger partial charge in [-0.2, -0.15) is 0 Å². The Morgan fingerprint density at radius 3 is 2.52 bits per heavy atom. The van der Waals surface area contributed by atoms with Crippen molar-refractivity contribution in [1.82, 2.24) is 4.57 Å². The largest absolute Gasteiger partial charge is 0.465 e. The Balaban J connectivity index is 2.04. The Labute approximate surface area is 142 Å². The zero-order chi connectivity index (χ0) is 18.0. The molecule has 7 nitrogen and oxygen atoms in total. The first-order valence-electron chi connectivity index (χ1n) is 7.47. The van der Waals surface area contributed by atoms with Gasteiger partial charge in [0.05, 0.1) is 29.5 Å². The molecule has 7 heteroatoms. The number of carbonyl (C=O) groups is 2. The number of hydrogen-bond acceptors (Lipinski definition) is 5. The van der Waals surface area contributed by atoms with Crippen molar-refractivity contribution < 1.29 is 19.2 Å². The third kappa shape index (κ3) is 2.99. The molecule has 0 saturated heterocycles. The molecule has 0 radical (unpaired) electrons. The van der Waals surface area contributed by atoms with E-state index in [4.69, 9.17) is 4.74 Å². The fourth-order valence-corrected chi connectivity index (χ4v) is 2.75. The lowest BCUT2D eigenvalue weighted by Crippen LogP contribution is -2.13. The molecule has 0 saturated carbocycles. The van der Waals surface area contributed by atoms with Gasteiger partial charge in [-0.15, -0.1) is 0 Å². The summed E-state index contributed by atoms with van der Waals surface area (Å²) in [7, 11) is 1.27. The molecule has 0 N–H and O–H groups in total. The zero-order valence-corrected chi connectivity index (χ0v) is 13.3. The zero-order valence-electron chi connectivity index (χ0n) is 13.3. The van der Waals surface area contributed by atoms with Crippen LogP contribution in [0.3, 0.4) is 0 Å². The molecule has 3 aromatic rings. The molecule has 0 unspecified atom stereocenters. The lowest BCUT2D eigenvalue weighted by atomic mass is 10.1. The number of esters is 1. The summed E-state index contributed by atoms with van der Waals surface area (Å²) in [5, 5.41) is 11.7. The molecule has 0 fully saturated rings. The van der Waals surface area contributed by atoms with Gasteiger partial charge in [-0.1, -0.05) is 36.4 Å². The highest BCUT2D eigenvalue weighted by atomic mass is 16.6. The third-order valence-electron chi connectivity index (χ3n) is 3.92. The summed E-state index contributed by atoms with van der Waals surface area (Å²) in [4.78, 5) is 35.2. The quantitative estimate of drug-likeness (QED) is 0.414. The van der Waals surface area contributed by atoms with Crippen LogP contribution in [0.2, 0.25) is 0 Å². The smallest absolute Gasteiger partial charge is 0.340 e. The van der Waals surface area contributed by atoms with Crippen molar-refractivity contribution in [3.63, 3.8) is 0 Å². The maximum Gasteiger partial charge on any atom is 0.340 e. The number of methoxy groups -OCH3 is 1. The van der Waals surface area contributed by atoms with E-state index >= 15 is 0 Å². The van der Waals surface area contributed by atoms with E-state index in [1.165, 1.54) is 23.9 Å². The summed E-state index contributed by atoms with van der Waals surface area (Å²) in [6, 6.07) is 13.0. The second kappa shape index (κ2) is 6.56. The molecule has 2 aromatic carbocycles. The van der Waals surface area contributed by atoms with Crippen LogP contribution in [-0.2, 0) is 11.2 Å². The highest BCUT2D eigenvalue weighted by molar-refractivity contribution is 6.07. The number of nitro benzene ring substituents is 1. The van der Waals surface area contributed by atoms with Gasteiger partial charge in [-0.3, -0.25) is 19.5 Å². The van der Waals surface area contributed by atoms with E-state index in [-0.39, 0.29) is 23.6 Å². The van der Waals surface area contributed by atoms with Gasteiger partial charge in [0.15, 0.2) is 0 Å². The molecule has 0 aliphatic rings. The number of benzene rings is 2. The molecule has 0 aliphatic heterocycles. The molecule has 0 spiro atoms. The minimum Gasteiger partial charge on any atom is -0.465 e. The van der Waals surface area contributed by atoms with Crippen LogP contribution in [-0.4, -0.2) is 28.5 Å². The van der Waals surface area contributed by atoms with E-state index < -0.39 is 10.9 Å². The highest BCUT2D eigenvalue weighted by Gasteiger charge is 2.21. The van der Waals surface area contributed by atoms with Crippen molar-refractivity contribution in [3.05, 3.63) is 76.0 Å². The minimum atomic E-state index is -0.548. The first kappa shape index (κ1) is 16.4. The molecule has 0 amide bonds. The van der Waals surface area contributed by atoms with Crippen molar-refractivity contribution in [2.45, 2.75) is 6.42 Å². The van der Waals surface area contributed by atoms with E-state index in [1.54, 1.807) is 42.5 Å². The van der Waals surface area contributed by atoms with Crippen LogP contribution >= 0.6 is 0 Å². The SMILES string of the molecule is COC(=O)c1cn(C(=O)Cc2ccccc2[N+](=O)[O-])c2ccccc12. The van der Waals surface area contributed by atoms with Crippen LogP contribution in [0.1, 0.15) is 20.7 Å². The molecule has 3 rings (SSSR count). The lowest BCUT2D eigenvalue weighted by Gasteiger charge is -2.05. The maximum absolute atomic E-state index is 12.7. The van der Waals surface area contributed by atoms with Crippen molar-refractivity contribution in [1.29, 1.82) is 0 Å². The number of fused-ring (bicyclic) bond motifs is 1. The van der Waals surface area contributed by atoms with E-state index in [1.807, 2.05) is 0 Å². The Morgan fingerprint density at radius 2 is 1.80 bits per heavy atom. The van der Waals surface area contributed by atoms with Crippen molar-refractivity contribution in [2.75, 3.05) is 7.11 Å². The van der Waals surface area contributed by atoms with Crippen LogP contribution in [0.4, 0.5) is 5.69 Å². The molecular weight excluding hydrogens is 324 g/mol. The Bertz CT molecular complexity index is 990. The second-order valence-electron chi connectivity index (χ2n) is 5.38. The molecule has 0 aliphatic carbocycles. The van der Waals surface area contributed by atoms with Crippen LogP contribution in [0.25, 0.3) is 10.9 Å². The highest BCUT2D eigenvalue weighted by Crippen LogP contribution is 2.24. The van der Waals surface area contributed by atoms with Crippen LogP contribution in [0.5, 0.6) is 0 Å². The lowest BCUT2D eigenvalue weighted by molar-refractivity contribution is -0.385. The van der Waals surface area contributed by atoms with Gasteiger partial charge in [0.25, 0.3) is 5.69 Å². The molecular formula is C18H14N2O5. The average Bonchev–Trinajstić information content (AvgIpc) is 3.01. The number of para-hydroxylation sites is 2. The molecule has 0 atom stereocenters. The predicted octanol–water partition coefficient (Wildman–Crippen LogP) is 3.22. The summed E-state index contributed by atoms with van der Waals surface area (Å²) in [5.41, 5.74) is 1.02. The first-order valence-corrected chi connectivity index (χ1v) is 7.47. The van der Waals surface area contributed by atoms with Gasteiger partial charge in [0, 0.05) is 23.2 Å². The number of ether oxygens (including phenoxy) is 1. The number of nitro groups is 1. The Kier molecular flexibility index (Phi) is 4.30. The summed E-state index contributed by atoms with van der Waals surface area (Å²) in [6.45, 7) is 0. The summed E-state index contributed by atoms with van der Waals surface area (Å²) in [6.07, 6.45) is 1.25. The van der Waals surface area contributed by atoms with Gasteiger partial charge >= 0.3 is 5.97 Å². The van der Waals surface area contributed by atoms with Gasteiger partial charge in [-0.25, -0.2) is 4.79 Å². The Morgan fingerprint density at radius 1 is 1.12 bits per heavy atom. The summed E-state index contributed by atoms with van der Waals surface area (Å²) in [5.74, 6) is -0.922. The first-order chi connectivity index (χ1) is 12.0. The predicted molar refractivity (Wildman–Crippen MR) is 90.7 cm³/mol. The van der Waals surface area contributed by atoms with Crippen molar-refractivity contribution in [3.8, 4) is 0 Å². The van der Waals surface area contributed by atoms with Crippen LogP contribution < -0.4 is 0 Å². The molecule has 1 aromatic heterocycles. The van der Waals surface area contributed by atoms with Crippen LogP contribution in [0.15, 0.2) is 54.7 Å². The fourth-order valence-electron chi connectivity index (χ4n) is 2.75. The molecule has 1 heterocycles. The maximum atomic E-state index is 12.7. The fraction of sp³-hybridized carbons (Fsp3) is 0.111. The number of rotatable bonds is 4. The average molecular weight is 338 g/mol. The van der Waals surface area contributed by atoms with E-state index in [9.17, 15) is 19.7 Å². The standard InChI is InChI=1S/C18H14N2O5/c1-25-18(22)14-11-19(16-9-5-3-7-13(14)16)17(21)10-12-6-2-4-8-15(12)20(23)24/h2-9,11H,10H2,1H3. The minimum absolute atomic E-state index is 0.111. The summed E-state index contributed by atoms with van der Waals surface area (Å²) >= 11 is 0. The van der Waals surface area contributed by atoms with Gasteiger partial charge in [0.2, 0.25) is 5.91 Å². The molecule has 25 heavy (non-hydrogen) atoms. The van der Waals surface area contributed by atoms with Crippen LogP contribution in [0, 0.1) is 10.1 Å². The van der Waals surface area contributed by atoms with E-state index in [0.29, 0.717) is 16.5 Å². The van der Waals surface area contributed by atoms with Crippen molar-refractivity contribution >= 4 is 28.5 Å². The van der Waals surface area contributed by atoms with Crippen molar-refractivity contribution in [2.24, 2.45) is 0 Å². The normalized spacial score (nSPS) is 10.6. The number of hydrogen-bond donors (Lipinski definition) is 0. The third-order valence-corrected chi connectivity index (χ3v) is 3.92. The van der Waals surface area contributed by atoms with Gasteiger partial charge in [0.1, 0.15) is 0 Å². The number of aromatic nitrogens is 1. The van der Waals surface area contributed by atoms with Gasteiger partial charge in [-0.05, 0) is 6.07 Å². The number of nitrogens with zero attached hydrogens (tertiary/aromatic N) is 2. The molecule has 0 bridgehead atoms. The Hall–Kier alpha value is -3.48. The van der Waals surface area contributed by atoms with E-state index in [2.05, 4.69) is 0 Å². The number of carbonyl (C=O) groups excluding carboxylic acids is 2.